The molecular formula is C28H32ClF2N3O4S. The van der Waals surface area contributed by atoms with Gasteiger partial charge in [0.05, 0.1) is 34.8 Å². The monoisotopic (exact) mass is 579 g/mol. The van der Waals surface area contributed by atoms with Gasteiger partial charge in [-0.3, -0.25) is 4.79 Å². The van der Waals surface area contributed by atoms with Crippen LogP contribution in [0.1, 0.15) is 43.7 Å². The number of ether oxygens (including phenoxy) is 1. The van der Waals surface area contributed by atoms with Crippen molar-refractivity contribution in [2.75, 3.05) is 20.1 Å². The number of rotatable bonds is 8. The molecule has 4 rings (SSSR count). The van der Waals surface area contributed by atoms with Crippen LogP contribution in [0.2, 0.25) is 5.02 Å². The van der Waals surface area contributed by atoms with Gasteiger partial charge < -0.3 is 15.0 Å². The number of carbonyl (C=O) groups is 1. The average Bonchev–Trinajstić information content (AvgIpc) is 3.35. The number of piperidine rings is 1. The highest BCUT2D eigenvalue weighted by molar-refractivity contribution is 7.92. The topological polar surface area (TPSA) is 99.5 Å². The standard InChI is InChI=1S/C28H32ClF2N3O4S/c1-27(30,31)23-5-3-4-6-25(23)39(36,37)21-15-22(24(16-21)38-17-19-7-9-20(29)10-8-19)26(35)33-28(18-32)11-13-34(2)14-12-28/h3-10,21-22,24H,11-17H2,1-2H3,(H,33,35)/t21-,22-,24-/m0/s1. The van der Waals surface area contributed by atoms with Crippen LogP contribution in [0.3, 0.4) is 0 Å². The summed E-state index contributed by atoms with van der Waals surface area (Å²) >= 11 is 5.96. The van der Waals surface area contributed by atoms with E-state index >= 15 is 0 Å². The molecule has 2 aliphatic rings. The van der Waals surface area contributed by atoms with Crippen molar-refractivity contribution in [2.45, 2.75) is 66.9 Å². The van der Waals surface area contributed by atoms with Crippen LogP contribution >= 0.6 is 11.6 Å². The Balaban J connectivity index is 1.61. The maximum Gasteiger partial charge on any atom is 0.271 e. The highest BCUT2D eigenvalue weighted by Gasteiger charge is 2.48. The molecule has 1 N–H and O–H groups in total. The third-order valence-electron chi connectivity index (χ3n) is 7.70. The van der Waals surface area contributed by atoms with Crippen LogP contribution in [0.25, 0.3) is 0 Å². The molecule has 1 saturated carbocycles. The molecule has 2 aromatic carbocycles. The van der Waals surface area contributed by atoms with Gasteiger partial charge >= 0.3 is 0 Å². The van der Waals surface area contributed by atoms with E-state index in [0.29, 0.717) is 37.9 Å². The number of nitrogens with one attached hydrogen (secondary N) is 1. The van der Waals surface area contributed by atoms with Crippen molar-refractivity contribution >= 4 is 27.3 Å². The Morgan fingerprint density at radius 1 is 1.18 bits per heavy atom. The molecular weight excluding hydrogens is 548 g/mol. The van der Waals surface area contributed by atoms with Crippen LogP contribution in [0.4, 0.5) is 8.78 Å². The van der Waals surface area contributed by atoms with E-state index in [0.717, 1.165) is 11.6 Å². The molecule has 11 heteroatoms. The number of amides is 1. The highest BCUT2D eigenvalue weighted by Crippen LogP contribution is 2.40. The van der Waals surface area contributed by atoms with Gasteiger partial charge in [0.25, 0.3) is 5.92 Å². The zero-order chi connectivity index (χ0) is 28.4. The first kappa shape index (κ1) is 29.4. The van der Waals surface area contributed by atoms with Gasteiger partial charge in [0, 0.05) is 30.6 Å². The minimum atomic E-state index is -4.23. The van der Waals surface area contributed by atoms with E-state index in [-0.39, 0.29) is 19.4 Å². The highest BCUT2D eigenvalue weighted by atomic mass is 35.5. The summed E-state index contributed by atoms with van der Waals surface area (Å²) in [6.45, 7) is 2.03. The maximum absolute atomic E-state index is 14.3. The third-order valence-corrected chi connectivity index (χ3v) is 10.2. The number of hydrogen-bond acceptors (Lipinski definition) is 6. The Labute approximate surface area is 233 Å². The fraction of sp³-hybridized carbons (Fsp3) is 0.500. The van der Waals surface area contributed by atoms with Gasteiger partial charge in [-0.05, 0) is 56.5 Å². The summed E-state index contributed by atoms with van der Waals surface area (Å²) in [6, 6.07) is 14.3. The first-order chi connectivity index (χ1) is 18.3. The van der Waals surface area contributed by atoms with Crippen LogP contribution in [0.5, 0.6) is 0 Å². The quantitative estimate of drug-likeness (QED) is 0.487. The number of sulfone groups is 1. The van der Waals surface area contributed by atoms with Crippen LogP contribution in [-0.2, 0) is 31.9 Å². The van der Waals surface area contributed by atoms with Gasteiger partial charge in [-0.1, -0.05) is 41.9 Å². The minimum absolute atomic E-state index is 0.0417. The summed E-state index contributed by atoms with van der Waals surface area (Å²) in [4.78, 5) is 15.2. The van der Waals surface area contributed by atoms with E-state index in [1.165, 1.54) is 18.2 Å². The average molecular weight is 580 g/mol. The molecule has 39 heavy (non-hydrogen) atoms. The number of benzene rings is 2. The Hall–Kier alpha value is -2.58. The van der Waals surface area contributed by atoms with Crippen molar-refractivity contribution in [1.29, 1.82) is 5.26 Å². The van der Waals surface area contributed by atoms with Crippen molar-refractivity contribution in [3.63, 3.8) is 0 Å². The zero-order valence-electron chi connectivity index (χ0n) is 21.9. The first-order valence-electron chi connectivity index (χ1n) is 12.8. The van der Waals surface area contributed by atoms with E-state index in [4.69, 9.17) is 16.3 Å². The van der Waals surface area contributed by atoms with Gasteiger partial charge in [-0.25, -0.2) is 17.2 Å². The fourth-order valence-electron chi connectivity index (χ4n) is 5.30. The molecule has 0 spiro atoms. The predicted octanol–water partition coefficient (Wildman–Crippen LogP) is 4.69. The molecule has 1 saturated heterocycles. The lowest BCUT2D eigenvalue weighted by Gasteiger charge is -2.37. The van der Waals surface area contributed by atoms with Crippen molar-refractivity contribution in [3.8, 4) is 6.07 Å². The second-order valence-electron chi connectivity index (χ2n) is 10.6. The normalized spacial score (nSPS) is 23.7. The van der Waals surface area contributed by atoms with Gasteiger partial charge in [0.1, 0.15) is 5.54 Å². The molecule has 1 aliphatic carbocycles. The van der Waals surface area contributed by atoms with E-state index in [2.05, 4.69) is 16.3 Å². The van der Waals surface area contributed by atoms with Crippen molar-refractivity contribution in [2.24, 2.45) is 5.92 Å². The molecule has 2 fully saturated rings. The van der Waals surface area contributed by atoms with Crippen LogP contribution < -0.4 is 5.32 Å². The van der Waals surface area contributed by atoms with Gasteiger partial charge in [0.15, 0.2) is 9.84 Å². The Kier molecular flexibility index (Phi) is 8.67. The molecule has 1 aliphatic heterocycles. The Morgan fingerprint density at radius 3 is 2.44 bits per heavy atom. The lowest BCUT2D eigenvalue weighted by Crippen LogP contribution is -2.55. The summed E-state index contributed by atoms with van der Waals surface area (Å²) < 4.78 is 62.1. The van der Waals surface area contributed by atoms with Crippen molar-refractivity contribution < 1.29 is 26.7 Å². The van der Waals surface area contributed by atoms with E-state index < -0.39 is 54.9 Å². The summed E-state index contributed by atoms with van der Waals surface area (Å²) in [7, 11) is -2.29. The number of alkyl halides is 2. The number of halogens is 3. The molecule has 1 amide bonds. The number of nitriles is 1. The lowest BCUT2D eigenvalue weighted by molar-refractivity contribution is -0.131. The summed E-state index contributed by atoms with van der Waals surface area (Å²) in [6.07, 6.45) is -0.0632. The van der Waals surface area contributed by atoms with Gasteiger partial charge in [-0.15, -0.1) is 0 Å². The van der Waals surface area contributed by atoms with Crippen LogP contribution in [0.15, 0.2) is 53.4 Å². The lowest BCUT2D eigenvalue weighted by atomic mass is 9.88. The fourth-order valence-corrected chi connectivity index (χ4v) is 7.51. The van der Waals surface area contributed by atoms with Crippen molar-refractivity contribution in [3.05, 3.63) is 64.7 Å². The van der Waals surface area contributed by atoms with Gasteiger partial charge in [-0.2, -0.15) is 5.26 Å². The molecule has 1 heterocycles. The molecule has 0 aromatic heterocycles. The Bertz CT molecular complexity index is 1330. The molecule has 0 unspecified atom stereocenters. The number of hydrogen-bond donors (Lipinski definition) is 1. The molecule has 210 valence electrons. The second-order valence-corrected chi connectivity index (χ2v) is 13.2. The number of carbonyl (C=O) groups excluding carboxylic acids is 1. The largest absolute Gasteiger partial charge is 0.373 e. The smallest absolute Gasteiger partial charge is 0.271 e. The summed E-state index contributed by atoms with van der Waals surface area (Å²) in [5.41, 5.74) is -0.853. The van der Waals surface area contributed by atoms with E-state index in [9.17, 15) is 27.3 Å². The number of nitrogens with zero attached hydrogens (tertiary/aromatic N) is 2. The van der Waals surface area contributed by atoms with E-state index in [1.807, 2.05) is 7.05 Å². The third kappa shape index (κ3) is 6.60. The van der Waals surface area contributed by atoms with Crippen LogP contribution in [-0.4, -0.2) is 56.3 Å². The van der Waals surface area contributed by atoms with Crippen molar-refractivity contribution in [1.82, 2.24) is 10.2 Å². The predicted molar refractivity (Wildman–Crippen MR) is 143 cm³/mol. The summed E-state index contributed by atoms with van der Waals surface area (Å²) in [5, 5.41) is 12.2. The minimum Gasteiger partial charge on any atom is -0.373 e. The van der Waals surface area contributed by atoms with Crippen LogP contribution in [0, 0.1) is 17.2 Å². The molecule has 3 atom stereocenters. The first-order valence-corrected chi connectivity index (χ1v) is 14.8. The molecule has 0 bridgehead atoms. The van der Waals surface area contributed by atoms with E-state index in [1.54, 1.807) is 24.3 Å². The van der Waals surface area contributed by atoms with Gasteiger partial charge in [0.2, 0.25) is 5.91 Å². The molecule has 2 aromatic rings. The summed E-state index contributed by atoms with van der Waals surface area (Å²) in [5.74, 6) is -4.71. The molecule has 0 radical (unpaired) electrons. The Morgan fingerprint density at radius 2 is 1.82 bits per heavy atom. The zero-order valence-corrected chi connectivity index (χ0v) is 23.4. The number of likely N-dealkylation sites (tertiary alicyclic amines) is 1. The molecule has 7 nitrogen and oxygen atoms in total. The second kappa shape index (κ2) is 11.5. The maximum atomic E-state index is 14.3. The SMILES string of the molecule is CN1CCC(C#N)(NC(=O)[C@H]2C[C@H](S(=O)(=O)c3ccccc3C(C)(F)F)C[C@@H]2OCc2ccc(Cl)cc2)CC1.